The molecule has 3 N–H and O–H groups in total. The van der Waals surface area contributed by atoms with Gasteiger partial charge in [0.2, 0.25) is 5.91 Å². The molecule has 1 unspecified atom stereocenters. The summed E-state index contributed by atoms with van der Waals surface area (Å²) in [6.45, 7) is -0.682. The van der Waals surface area contributed by atoms with E-state index in [4.69, 9.17) is 10.8 Å². The van der Waals surface area contributed by atoms with Gasteiger partial charge in [-0.25, -0.2) is 4.79 Å². The fourth-order valence-electron chi connectivity index (χ4n) is 1.49. The number of morpholine rings is 1. The predicted molar refractivity (Wildman–Crippen MR) is 52.5 cm³/mol. The second-order valence-corrected chi connectivity index (χ2v) is 3.51. The third-order valence-electron chi connectivity index (χ3n) is 2.25. The van der Waals surface area contributed by atoms with Crippen molar-refractivity contribution in [3.63, 3.8) is 0 Å². The van der Waals surface area contributed by atoms with E-state index in [-0.39, 0.29) is 26.1 Å². The smallest absolute Gasteiger partial charge is 0.326 e. The lowest BCUT2D eigenvalue weighted by Gasteiger charge is -2.29. The Kier molecular flexibility index (Phi) is 4.16. The number of nitrogens with zero attached hydrogens (tertiary/aromatic N) is 1. The van der Waals surface area contributed by atoms with E-state index in [0.717, 1.165) is 0 Å². The first-order valence-electron chi connectivity index (χ1n) is 4.87. The number of carboxylic acids is 1. The Hall–Kier alpha value is -1.96. The van der Waals surface area contributed by atoms with E-state index in [2.05, 4.69) is 4.74 Å². The maximum absolute atomic E-state index is 11.4. The Morgan fingerprint density at radius 3 is 2.29 bits per heavy atom. The molecule has 8 heteroatoms. The van der Waals surface area contributed by atoms with Crippen molar-refractivity contribution < 1.29 is 29.0 Å². The monoisotopic (exact) mass is 244 g/mol. The molecule has 0 bridgehead atoms. The lowest BCUT2D eigenvalue weighted by Crippen LogP contribution is -2.54. The molecular weight excluding hydrogens is 232 g/mol. The van der Waals surface area contributed by atoms with Gasteiger partial charge in [-0.1, -0.05) is 0 Å². The molecule has 1 heterocycles. The van der Waals surface area contributed by atoms with Crippen LogP contribution in [0, 0.1) is 0 Å². The van der Waals surface area contributed by atoms with Gasteiger partial charge in [0, 0.05) is 6.42 Å². The van der Waals surface area contributed by atoms with Crippen LogP contribution in [0.25, 0.3) is 0 Å². The second-order valence-electron chi connectivity index (χ2n) is 3.51. The van der Waals surface area contributed by atoms with E-state index in [1.54, 1.807) is 0 Å². The molecular formula is C9H12N2O6. The number of ether oxygens (including phenoxy) is 1. The number of hydrogen-bond donors (Lipinski definition) is 2. The summed E-state index contributed by atoms with van der Waals surface area (Å²) in [5, 5.41) is 8.93. The highest BCUT2D eigenvalue weighted by molar-refractivity contribution is 6.01. The number of carbonyl (C=O) groups is 4. The molecule has 1 rings (SSSR count). The number of nitrogens with two attached hydrogens (primary N) is 1. The Bertz CT molecular complexity index is 350. The average molecular weight is 244 g/mol. The SMILES string of the molecule is NC(=O)CCC(C(=O)O)N1C(=O)COCC1=O. The highest BCUT2D eigenvalue weighted by Gasteiger charge is 2.37. The van der Waals surface area contributed by atoms with Crippen LogP contribution in [0.4, 0.5) is 0 Å². The van der Waals surface area contributed by atoms with Gasteiger partial charge in [-0.3, -0.25) is 19.3 Å². The van der Waals surface area contributed by atoms with Crippen LogP contribution in [0.3, 0.4) is 0 Å². The normalized spacial score (nSPS) is 18.0. The van der Waals surface area contributed by atoms with Gasteiger partial charge in [0.1, 0.15) is 19.3 Å². The summed E-state index contributed by atoms with van der Waals surface area (Å²) in [5.41, 5.74) is 4.89. The van der Waals surface area contributed by atoms with E-state index in [1.165, 1.54) is 0 Å². The highest BCUT2D eigenvalue weighted by Crippen LogP contribution is 2.12. The molecule has 0 aromatic rings. The minimum atomic E-state index is -1.37. The van der Waals surface area contributed by atoms with Gasteiger partial charge in [-0.15, -0.1) is 0 Å². The van der Waals surface area contributed by atoms with Crippen molar-refractivity contribution in [1.29, 1.82) is 0 Å². The van der Waals surface area contributed by atoms with Crippen LogP contribution in [0.2, 0.25) is 0 Å². The van der Waals surface area contributed by atoms with Crippen LogP contribution >= 0.6 is 0 Å². The fraction of sp³-hybridized carbons (Fsp3) is 0.556. The molecule has 17 heavy (non-hydrogen) atoms. The van der Waals surface area contributed by atoms with E-state index in [1.807, 2.05) is 0 Å². The van der Waals surface area contributed by atoms with Crippen molar-refractivity contribution >= 4 is 23.7 Å². The zero-order valence-electron chi connectivity index (χ0n) is 8.92. The molecule has 1 fully saturated rings. The molecule has 94 valence electrons. The van der Waals surface area contributed by atoms with Gasteiger partial charge in [0.25, 0.3) is 11.8 Å². The number of amides is 3. The number of rotatable bonds is 5. The molecule has 0 radical (unpaired) electrons. The van der Waals surface area contributed by atoms with Gasteiger partial charge in [0.05, 0.1) is 0 Å². The van der Waals surface area contributed by atoms with E-state index in [9.17, 15) is 19.2 Å². The lowest BCUT2D eigenvalue weighted by atomic mass is 10.1. The van der Waals surface area contributed by atoms with E-state index in [0.29, 0.717) is 4.90 Å². The summed E-state index contributed by atoms with van der Waals surface area (Å²) >= 11 is 0. The molecule has 0 aromatic carbocycles. The Morgan fingerprint density at radius 2 is 1.88 bits per heavy atom. The minimum Gasteiger partial charge on any atom is -0.480 e. The van der Waals surface area contributed by atoms with Crippen LogP contribution < -0.4 is 5.73 Å². The molecule has 0 aliphatic carbocycles. The first-order chi connectivity index (χ1) is 7.93. The summed E-state index contributed by atoms with van der Waals surface area (Å²) in [6, 6.07) is -1.37. The molecule has 0 saturated carbocycles. The summed E-state index contributed by atoms with van der Waals surface area (Å²) < 4.78 is 4.65. The van der Waals surface area contributed by atoms with Crippen molar-refractivity contribution in [2.45, 2.75) is 18.9 Å². The maximum Gasteiger partial charge on any atom is 0.326 e. The Balaban J connectivity index is 2.80. The number of carbonyl (C=O) groups excluding carboxylic acids is 3. The third-order valence-corrected chi connectivity index (χ3v) is 2.25. The van der Waals surface area contributed by atoms with Crippen molar-refractivity contribution in [1.82, 2.24) is 4.90 Å². The summed E-state index contributed by atoms with van der Waals surface area (Å²) in [7, 11) is 0. The van der Waals surface area contributed by atoms with Crippen LogP contribution in [0.5, 0.6) is 0 Å². The molecule has 8 nitrogen and oxygen atoms in total. The average Bonchev–Trinajstić information content (AvgIpc) is 2.21. The molecule has 1 atom stereocenters. The van der Waals surface area contributed by atoms with Gasteiger partial charge in [-0.2, -0.15) is 0 Å². The van der Waals surface area contributed by atoms with Crippen molar-refractivity contribution in [2.75, 3.05) is 13.2 Å². The molecule has 1 aliphatic rings. The first-order valence-corrected chi connectivity index (χ1v) is 4.87. The quantitative estimate of drug-likeness (QED) is 0.543. The van der Waals surface area contributed by atoms with Gasteiger partial charge >= 0.3 is 5.97 Å². The maximum atomic E-state index is 11.4. The molecule has 0 spiro atoms. The van der Waals surface area contributed by atoms with Crippen LogP contribution in [0.1, 0.15) is 12.8 Å². The zero-order valence-corrected chi connectivity index (χ0v) is 8.92. The number of imide groups is 1. The first kappa shape index (κ1) is 13.1. The van der Waals surface area contributed by atoms with Crippen molar-refractivity contribution in [3.05, 3.63) is 0 Å². The second kappa shape index (κ2) is 5.39. The zero-order chi connectivity index (χ0) is 13.0. The fourth-order valence-corrected chi connectivity index (χ4v) is 1.49. The minimum absolute atomic E-state index is 0.192. The predicted octanol–water partition coefficient (Wildman–Crippen LogP) is -1.91. The topological polar surface area (TPSA) is 127 Å². The summed E-state index contributed by atoms with van der Waals surface area (Å²) in [6.07, 6.45) is -0.406. The summed E-state index contributed by atoms with van der Waals surface area (Å²) in [4.78, 5) is 45.0. The number of hydrogen-bond acceptors (Lipinski definition) is 5. The van der Waals surface area contributed by atoms with E-state index < -0.39 is 29.7 Å². The third kappa shape index (κ3) is 3.25. The Morgan fingerprint density at radius 1 is 1.35 bits per heavy atom. The molecule has 0 aromatic heterocycles. The van der Waals surface area contributed by atoms with Crippen LogP contribution in [-0.4, -0.2) is 53.0 Å². The number of carboxylic acid groups (broad SMARTS) is 1. The number of aliphatic carboxylic acids is 1. The lowest BCUT2D eigenvalue weighted by molar-refractivity contribution is -0.168. The van der Waals surface area contributed by atoms with Crippen molar-refractivity contribution in [3.8, 4) is 0 Å². The highest BCUT2D eigenvalue weighted by atomic mass is 16.5. The van der Waals surface area contributed by atoms with Crippen LogP contribution in [-0.2, 0) is 23.9 Å². The van der Waals surface area contributed by atoms with Gasteiger partial charge in [0.15, 0.2) is 0 Å². The van der Waals surface area contributed by atoms with Crippen molar-refractivity contribution in [2.24, 2.45) is 5.73 Å². The van der Waals surface area contributed by atoms with Gasteiger partial charge < -0.3 is 15.6 Å². The number of primary amides is 1. The molecule has 1 saturated heterocycles. The van der Waals surface area contributed by atoms with E-state index >= 15 is 0 Å². The molecule has 3 amide bonds. The summed E-state index contributed by atoms with van der Waals surface area (Å²) in [5.74, 6) is -3.49. The largest absolute Gasteiger partial charge is 0.480 e. The van der Waals surface area contributed by atoms with Crippen LogP contribution in [0.15, 0.2) is 0 Å². The molecule has 1 aliphatic heterocycles. The standard InChI is InChI=1S/C9H12N2O6/c10-6(12)2-1-5(9(15)16)11-7(13)3-17-4-8(11)14/h5H,1-4H2,(H2,10,12)(H,15,16). The van der Waals surface area contributed by atoms with Gasteiger partial charge in [-0.05, 0) is 6.42 Å². The Labute approximate surface area is 96.3 Å².